The molecule has 1 heterocycles. The lowest BCUT2D eigenvalue weighted by Crippen LogP contribution is -2.03. The standard InChI is InChI=1S/C10H13NO3S/c1-7(12)9-4-3-8(5-11-9)15-6-10(13)14-2/h3-5,7,12H,6H2,1-2H3. The van der Waals surface area contributed by atoms with E-state index in [1.807, 2.05) is 6.07 Å². The molecule has 1 aromatic heterocycles. The van der Waals surface area contributed by atoms with Gasteiger partial charge >= 0.3 is 5.97 Å². The van der Waals surface area contributed by atoms with Gasteiger partial charge in [-0.1, -0.05) is 0 Å². The number of ether oxygens (including phenoxy) is 1. The second-order valence-corrected chi connectivity index (χ2v) is 4.01. The van der Waals surface area contributed by atoms with Gasteiger partial charge in [0.2, 0.25) is 0 Å². The second kappa shape index (κ2) is 5.72. The van der Waals surface area contributed by atoms with Crippen molar-refractivity contribution in [2.75, 3.05) is 12.9 Å². The summed E-state index contributed by atoms with van der Waals surface area (Å²) in [6.07, 6.45) is 1.07. The fourth-order valence-corrected chi connectivity index (χ4v) is 1.62. The van der Waals surface area contributed by atoms with Crippen LogP contribution in [-0.4, -0.2) is 28.9 Å². The number of pyridine rings is 1. The molecule has 4 nitrogen and oxygen atoms in total. The SMILES string of the molecule is COC(=O)CSc1ccc(C(C)O)nc1. The molecule has 0 amide bonds. The topological polar surface area (TPSA) is 59.4 Å². The molecule has 0 saturated carbocycles. The number of aromatic nitrogens is 1. The lowest BCUT2D eigenvalue weighted by atomic mass is 10.2. The maximum Gasteiger partial charge on any atom is 0.315 e. The van der Waals surface area contributed by atoms with E-state index in [1.165, 1.54) is 18.9 Å². The molecular formula is C10H13NO3S. The van der Waals surface area contributed by atoms with E-state index in [2.05, 4.69) is 9.72 Å². The molecule has 1 rings (SSSR count). The molecule has 0 aliphatic carbocycles. The van der Waals surface area contributed by atoms with E-state index in [4.69, 9.17) is 0 Å². The summed E-state index contributed by atoms with van der Waals surface area (Å²) in [5, 5.41) is 9.23. The largest absolute Gasteiger partial charge is 0.468 e. The summed E-state index contributed by atoms with van der Waals surface area (Å²) in [4.78, 5) is 15.8. The lowest BCUT2D eigenvalue weighted by molar-refractivity contribution is -0.137. The van der Waals surface area contributed by atoms with Crippen LogP contribution >= 0.6 is 11.8 Å². The Balaban J connectivity index is 2.53. The summed E-state index contributed by atoms with van der Waals surface area (Å²) in [5.41, 5.74) is 0.623. The molecule has 0 radical (unpaired) electrons. The number of carbonyl (C=O) groups excluding carboxylic acids is 1. The molecule has 1 aromatic rings. The number of carbonyl (C=O) groups is 1. The number of rotatable bonds is 4. The van der Waals surface area contributed by atoms with E-state index in [9.17, 15) is 9.90 Å². The molecule has 0 spiro atoms. The minimum absolute atomic E-state index is 0.264. The van der Waals surface area contributed by atoms with Gasteiger partial charge in [-0.15, -0.1) is 11.8 Å². The van der Waals surface area contributed by atoms with Crippen molar-refractivity contribution < 1.29 is 14.6 Å². The molecule has 0 bridgehead atoms. The van der Waals surface area contributed by atoms with Crippen molar-refractivity contribution in [3.8, 4) is 0 Å². The van der Waals surface area contributed by atoms with E-state index in [0.717, 1.165) is 4.90 Å². The zero-order chi connectivity index (χ0) is 11.3. The van der Waals surface area contributed by atoms with Crippen molar-refractivity contribution in [3.05, 3.63) is 24.0 Å². The third-order valence-electron chi connectivity index (χ3n) is 1.77. The van der Waals surface area contributed by atoms with E-state index < -0.39 is 6.10 Å². The van der Waals surface area contributed by atoms with Crippen LogP contribution in [0.4, 0.5) is 0 Å². The minimum Gasteiger partial charge on any atom is -0.468 e. The first-order valence-electron chi connectivity index (χ1n) is 4.47. The van der Waals surface area contributed by atoms with Crippen molar-refractivity contribution >= 4 is 17.7 Å². The number of esters is 1. The number of hydrogen-bond donors (Lipinski definition) is 1. The van der Waals surface area contributed by atoms with Gasteiger partial charge in [-0.05, 0) is 19.1 Å². The first-order chi connectivity index (χ1) is 7.13. The van der Waals surface area contributed by atoms with Crippen molar-refractivity contribution in [1.82, 2.24) is 4.98 Å². The maximum atomic E-state index is 10.9. The fraction of sp³-hybridized carbons (Fsp3) is 0.400. The Morgan fingerprint density at radius 2 is 2.40 bits per heavy atom. The van der Waals surface area contributed by atoms with Gasteiger partial charge in [0.25, 0.3) is 0 Å². The smallest absolute Gasteiger partial charge is 0.315 e. The predicted octanol–water partition coefficient (Wildman–Crippen LogP) is 1.40. The Morgan fingerprint density at radius 1 is 1.67 bits per heavy atom. The van der Waals surface area contributed by atoms with Crippen LogP contribution in [0, 0.1) is 0 Å². The summed E-state index contributed by atoms with van der Waals surface area (Å²) in [7, 11) is 1.36. The normalized spacial score (nSPS) is 12.2. The zero-order valence-electron chi connectivity index (χ0n) is 8.64. The Bertz CT molecular complexity index is 324. The highest BCUT2D eigenvalue weighted by Gasteiger charge is 2.04. The first-order valence-corrected chi connectivity index (χ1v) is 5.45. The number of nitrogens with zero attached hydrogens (tertiary/aromatic N) is 1. The quantitative estimate of drug-likeness (QED) is 0.622. The summed E-state index contributed by atoms with van der Waals surface area (Å²) >= 11 is 1.35. The lowest BCUT2D eigenvalue weighted by Gasteiger charge is -2.04. The van der Waals surface area contributed by atoms with Gasteiger partial charge in [0, 0.05) is 11.1 Å². The second-order valence-electron chi connectivity index (χ2n) is 2.96. The minimum atomic E-state index is -0.565. The summed E-state index contributed by atoms with van der Waals surface area (Å²) in [5.74, 6) is 0.00579. The molecule has 1 unspecified atom stereocenters. The van der Waals surface area contributed by atoms with Crippen molar-refractivity contribution in [2.45, 2.75) is 17.9 Å². The van der Waals surface area contributed by atoms with Gasteiger partial charge < -0.3 is 9.84 Å². The van der Waals surface area contributed by atoms with E-state index in [1.54, 1.807) is 19.2 Å². The Morgan fingerprint density at radius 3 is 2.87 bits per heavy atom. The van der Waals surface area contributed by atoms with Crippen LogP contribution in [0.15, 0.2) is 23.2 Å². The number of thioether (sulfide) groups is 1. The summed E-state index contributed by atoms with van der Waals surface area (Å²) < 4.78 is 4.51. The molecule has 0 saturated heterocycles. The average Bonchev–Trinajstić information content (AvgIpc) is 2.26. The van der Waals surface area contributed by atoms with Crippen LogP contribution in [0.2, 0.25) is 0 Å². The van der Waals surface area contributed by atoms with Crippen molar-refractivity contribution in [3.63, 3.8) is 0 Å². The van der Waals surface area contributed by atoms with Crippen LogP contribution in [0.1, 0.15) is 18.7 Å². The highest BCUT2D eigenvalue weighted by atomic mass is 32.2. The highest BCUT2D eigenvalue weighted by Crippen LogP contribution is 2.18. The maximum absolute atomic E-state index is 10.9. The molecule has 82 valence electrons. The molecule has 0 aromatic carbocycles. The molecule has 0 aliphatic rings. The molecule has 0 aliphatic heterocycles. The van der Waals surface area contributed by atoms with E-state index in [-0.39, 0.29) is 11.7 Å². The van der Waals surface area contributed by atoms with Gasteiger partial charge in [0.05, 0.1) is 24.7 Å². The number of methoxy groups -OCH3 is 1. The van der Waals surface area contributed by atoms with Crippen LogP contribution in [0.5, 0.6) is 0 Å². The molecule has 1 atom stereocenters. The number of aliphatic hydroxyl groups excluding tert-OH is 1. The van der Waals surface area contributed by atoms with Gasteiger partial charge in [-0.3, -0.25) is 9.78 Å². The third kappa shape index (κ3) is 3.89. The van der Waals surface area contributed by atoms with Gasteiger partial charge in [-0.2, -0.15) is 0 Å². The molecule has 5 heteroatoms. The molecule has 0 fully saturated rings. The van der Waals surface area contributed by atoms with Crippen LogP contribution in [0.3, 0.4) is 0 Å². The highest BCUT2D eigenvalue weighted by molar-refractivity contribution is 8.00. The summed E-state index contributed by atoms with van der Waals surface area (Å²) in [6.45, 7) is 1.66. The van der Waals surface area contributed by atoms with E-state index >= 15 is 0 Å². The molecular weight excluding hydrogens is 214 g/mol. The number of aliphatic hydroxyl groups is 1. The number of hydrogen-bond acceptors (Lipinski definition) is 5. The van der Waals surface area contributed by atoms with Crippen molar-refractivity contribution in [1.29, 1.82) is 0 Å². The molecule has 1 N–H and O–H groups in total. The van der Waals surface area contributed by atoms with Crippen LogP contribution in [-0.2, 0) is 9.53 Å². The fourth-order valence-electron chi connectivity index (χ4n) is 0.925. The van der Waals surface area contributed by atoms with E-state index in [0.29, 0.717) is 5.69 Å². The Kier molecular flexibility index (Phi) is 4.58. The van der Waals surface area contributed by atoms with Crippen LogP contribution < -0.4 is 0 Å². The monoisotopic (exact) mass is 227 g/mol. The molecule has 15 heavy (non-hydrogen) atoms. The third-order valence-corrected chi connectivity index (χ3v) is 2.73. The summed E-state index contributed by atoms with van der Waals surface area (Å²) in [6, 6.07) is 3.56. The Hall–Kier alpha value is -1.07. The Labute approximate surface area is 92.7 Å². The van der Waals surface area contributed by atoms with Crippen LogP contribution in [0.25, 0.3) is 0 Å². The zero-order valence-corrected chi connectivity index (χ0v) is 9.45. The first kappa shape index (κ1) is 12.0. The van der Waals surface area contributed by atoms with Gasteiger partial charge in [0.15, 0.2) is 0 Å². The van der Waals surface area contributed by atoms with Crippen molar-refractivity contribution in [2.24, 2.45) is 0 Å². The average molecular weight is 227 g/mol. The predicted molar refractivity (Wildman–Crippen MR) is 57.6 cm³/mol. The van der Waals surface area contributed by atoms with Gasteiger partial charge in [-0.25, -0.2) is 0 Å². The van der Waals surface area contributed by atoms with Gasteiger partial charge in [0.1, 0.15) is 0 Å².